The van der Waals surface area contributed by atoms with Crippen molar-refractivity contribution in [2.75, 3.05) is 13.7 Å². The maximum Gasteiger partial charge on any atom is 0.250 e. The van der Waals surface area contributed by atoms with E-state index in [1.54, 1.807) is 12.3 Å². The fourth-order valence-electron chi connectivity index (χ4n) is 1.92. The first-order chi connectivity index (χ1) is 8.39. The molecular formula is C14H23FN2O. The van der Waals surface area contributed by atoms with E-state index in [1.165, 1.54) is 0 Å². The Morgan fingerprint density at radius 2 is 2.11 bits per heavy atom. The molecule has 0 saturated heterocycles. The second-order valence-corrected chi connectivity index (χ2v) is 5.56. The van der Waals surface area contributed by atoms with Gasteiger partial charge in [-0.2, -0.15) is 0 Å². The van der Waals surface area contributed by atoms with Crippen LogP contribution in [0.1, 0.15) is 45.7 Å². The summed E-state index contributed by atoms with van der Waals surface area (Å²) in [4.78, 5) is 3.92. The van der Waals surface area contributed by atoms with Crippen molar-refractivity contribution < 1.29 is 9.13 Å². The molecule has 0 spiro atoms. The molecule has 1 N–H and O–H groups in total. The summed E-state index contributed by atoms with van der Waals surface area (Å²) < 4.78 is 19.4. The van der Waals surface area contributed by atoms with Gasteiger partial charge in [0.1, 0.15) is 0 Å². The number of nitrogens with zero attached hydrogens (tertiary/aromatic N) is 1. The Morgan fingerprint density at radius 1 is 1.44 bits per heavy atom. The number of rotatable bonds is 5. The van der Waals surface area contributed by atoms with Gasteiger partial charge in [0.2, 0.25) is 0 Å². The summed E-state index contributed by atoms with van der Waals surface area (Å²) in [5.74, 6) is -0.271. The molecule has 18 heavy (non-hydrogen) atoms. The molecule has 4 heteroatoms. The van der Waals surface area contributed by atoms with Gasteiger partial charge in [0.05, 0.1) is 6.61 Å². The van der Waals surface area contributed by atoms with Crippen molar-refractivity contribution in [2.45, 2.75) is 40.2 Å². The highest BCUT2D eigenvalue weighted by molar-refractivity contribution is 5.26. The van der Waals surface area contributed by atoms with Crippen molar-refractivity contribution in [1.82, 2.24) is 10.3 Å². The second-order valence-electron chi connectivity index (χ2n) is 5.56. The lowest BCUT2D eigenvalue weighted by molar-refractivity contribution is 0.293. The average molecular weight is 254 g/mol. The lowest BCUT2D eigenvalue weighted by Gasteiger charge is -2.26. The first kappa shape index (κ1) is 14.9. The van der Waals surface area contributed by atoms with Crippen LogP contribution in [-0.4, -0.2) is 18.6 Å². The number of hydrogen-bond acceptors (Lipinski definition) is 3. The van der Waals surface area contributed by atoms with Gasteiger partial charge in [-0.3, -0.25) is 0 Å². The predicted molar refractivity (Wildman–Crippen MR) is 71.2 cm³/mol. The maximum absolute atomic E-state index is 14.2. The van der Waals surface area contributed by atoms with Gasteiger partial charge in [0, 0.05) is 17.8 Å². The monoisotopic (exact) mass is 254 g/mol. The van der Waals surface area contributed by atoms with Crippen LogP contribution in [0.3, 0.4) is 0 Å². The maximum atomic E-state index is 14.2. The van der Waals surface area contributed by atoms with E-state index in [4.69, 9.17) is 4.74 Å². The zero-order valence-electron chi connectivity index (χ0n) is 11.9. The summed E-state index contributed by atoms with van der Waals surface area (Å²) in [7, 11) is 1.84. The van der Waals surface area contributed by atoms with Crippen LogP contribution in [0.15, 0.2) is 12.3 Å². The molecular weight excluding hydrogens is 231 g/mol. The van der Waals surface area contributed by atoms with E-state index < -0.39 is 0 Å². The summed E-state index contributed by atoms with van der Waals surface area (Å²) in [6.07, 6.45) is 2.44. The highest BCUT2D eigenvalue weighted by Gasteiger charge is 2.23. The Kier molecular flexibility index (Phi) is 5.08. The molecule has 0 fully saturated rings. The third-order valence-electron chi connectivity index (χ3n) is 2.71. The van der Waals surface area contributed by atoms with Crippen molar-refractivity contribution >= 4 is 0 Å². The number of halogens is 1. The first-order valence-electron chi connectivity index (χ1n) is 6.33. The van der Waals surface area contributed by atoms with Crippen LogP contribution in [0.4, 0.5) is 4.39 Å². The molecule has 3 nitrogen and oxygen atoms in total. The average Bonchev–Trinajstić information content (AvgIpc) is 2.28. The molecule has 0 aromatic carbocycles. The Labute approximate surface area is 109 Å². The first-order valence-corrected chi connectivity index (χ1v) is 6.33. The number of aromatic nitrogens is 1. The van der Waals surface area contributed by atoms with Crippen LogP contribution in [0.25, 0.3) is 0 Å². The zero-order valence-corrected chi connectivity index (χ0v) is 11.9. The van der Waals surface area contributed by atoms with Crippen molar-refractivity contribution in [1.29, 1.82) is 0 Å². The van der Waals surface area contributed by atoms with Gasteiger partial charge in [-0.15, -0.1) is 0 Å². The van der Waals surface area contributed by atoms with Crippen LogP contribution in [0.2, 0.25) is 0 Å². The summed E-state index contributed by atoms with van der Waals surface area (Å²) in [6.45, 7) is 8.65. The van der Waals surface area contributed by atoms with E-state index in [2.05, 4.69) is 31.1 Å². The molecule has 0 radical (unpaired) electrons. The summed E-state index contributed by atoms with van der Waals surface area (Å²) >= 11 is 0. The van der Waals surface area contributed by atoms with Crippen molar-refractivity contribution in [2.24, 2.45) is 5.41 Å². The molecule has 0 bridgehead atoms. The van der Waals surface area contributed by atoms with Gasteiger partial charge < -0.3 is 10.1 Å². The molecule has 102 valence electrons. The zero-order chi connectivity index (χ0) is 13.8. The largest absolute Gasteiger partial charge is 0.476 e. The van der Waals surface area contributed by atoms with Crippen LogP contribution < -0.4 is 10.1 Å². The Bertz CT molecular complexity index is 388. The molecule has 1 unspecified atom stereocenters. The van der Waals surface area contributed by atoms with E-state index in [9.17, 15) is 4.39 Å². The minimum absolute atomic E-state index is 0.0350. The number of ether oxygens (including phenoxy) is 1. The highest BCUT2D eigenvalue weighted by atomic mass is 19.1. The molecule has 1 aromatic heterocycles. The van der Waals surface area contributed by atoms with E-state index in [0.717, 1.165) is 6.42 Å². The number of nitrogens with one attached hydrogen (secondary N) is 1. The Hall–Kier alpha value is -1.16. The standard InChI is InChI=1S/C14H23FN2O/c1-6-18-13-12(15)10(7-8-17-13)11(16-5)9-14(2,3)4/h7-8,11,16H,6,9H2,1-5H3. The minimum atomic E-state index is -0.358. The molecule has 0 aliphatic heterocycles. The fraction of sp³-hybridized carbons (Fsp3) is 0.643. The molecule has 0 aliphatic rings. The van der Waals surface area contributed by atoms with E-state index in [1.807, 2.05) is 14.0 Å². The van der Waals surface area contributed by atoms with E-state index in [-0.39, 0.29) is 23.2 Å². The SMILES string of the molecule is CCOc1nccc(C(CC(C)(C)C)NC)c1F. The van der Waals surface area contributed by atoms with Gasteiger partial charge >= 0.3 is 0 Å². The second kappa shape index (κ2) is 6.14. The topological polar surface area (TPSA) is 34.1 Å². The molecule has 1 aromatic rings. The molecule has 1 atom stereocenters. The van der Waals surface area contributed by atoms with Gasteiger partial charge in [-0.05, 0) is 31.9 Å². The molecule has 0 aliphatic carbocycles. The van der Waals surface area contributed by atoms with Crippen LogP contribution in [0, 0.1) is 11.2 Å². The summed E-state index contributed by atoms with van der Waals surface area (Å²) in [6, 6.07) is 1.68. The van der Waals surface area contributed by atoms with Crippen molar-refractivity contribution in [3.63, 3.8) is 0 Å². The van der Waals surface area contributed by atoms with Crippen LogP contribution in [0.5, 0.6) is 5.88 Å². The molecule has 1 rings (SSSR count). The van der Waals surface area contributed by atoms with E-state index in [0.29, 0.717) is 12.2 Å². The third kappa shape index (κ3) is 3.95. The minimum Gasteiger partial charge on any atom is -0.476 e. The smallest absolute Gasteiger partial charge is 0.250 e. The third-order valence-corrected chi connectivity index (χ3v) is 2.71. The van der Waals surface area contributed by atoms with Crippen LogP contribution in [-0.2, 0) is 0 Å². The Morgan fingerprint density at radius 3 is 2.61 bits per heavy atom. The quantitative estimate of drug-likeness (QED) is 0.875. The van der Waals surface area contributed by atoms with Gasteiger partial charge in [0.25, 0.3) is 5.88 Å². The van der Waals surface area contributed by atoms with E-state index >= 15 is 0 Å². The molecule has 0 amide bonds. The molecule has 1 heterocycles. The lowest BCUT2D eigenvalue weighted by atomic mass is 9.85. The molecule has 0 saturated carbocycles. The number of pyridine rings is 1. The van der Waals surface area contributed by atoms with Crippen molar-refractivity contribution in [3.8, 4) is 5.88 Å². The normalized spacial score (nSPS) is 13.4. The predicted octanol–water partition coefficient (Wildman–Crippen LogP) is 3.32. The van der Waals surface area contributed by atoms with Gasteiger partial charge in [0.15, 0.2) is 5.82 Å². The summed E-state index contributed by atoms with van der Waals surface area (Å²) in [5.41, 5.74) is 0.737. The lowest BCUT2D eigenvalue weighted by Crippen LogP contribution is -2.23. The summed E-state index contributed by atoms with van der Waals surface area (Å²) in [5, 5.41) is 3.16. The van der Waals surface area contributed by atoms with Crippen LogP contribution >= 0.6 is 0 Å². The number of hydrogen-bond donors (Lipinski definition) is 1. The Balaban J connectivity index is 3.02. The van der Waals surface area contributed by atoms with Gasteiger partial charge in [-0.25, -0.2) is 9.37 Å². The van der Waals surface area contributed by atoms with Crippen molar-refractivity contribution in [3.05, 3.63) is 23.6 Å². The van der Waals surface area contributed by atoms with Gasteiger partial charge in [-0.1, -0.05) is 20.8 Å². The fourth-order valence-corrected chi connectivity index (χ4v) is 1.92. The highest BCUT2D eigenvalue weighted by Crippen LogP contribution is 2.32.